The summed E-state index contributed by atoms with van der Waals surface area (Å²) in [4.78, 5) is 13.6. The maximum Gasteiger partial charge on any atom is 0.251 e. The van der Waals surface area contributed by atoms with Crippen molar-refractivity contribution in [2.45, 2.75) is 0 Å². The minimum atomic E-state index is -0.0316. The first-order valence-corrected chi connectivity index (χ1v) is 6.65. The van der Waals surface area contributed by atoms with Crippen LogP contribution in [0.2, 0.25) is 0 Å². The van der Waals surface area contributed by atoms with Gasteiger partial charge in [0.25, 0.3) is 5.91 Å². The molecule has 1 aliphatic heterocycles. The standard InChI is InChI=1S/C14H15NO2S/c1-11-15(9-10-18-11)14(16)8-7-12-5-3-4-6-13(12)17-2/h3-8H,1,9-10H2,2H3/b8-7+. The summed E-state index contributed by atoms with van der Waals surface area (Å²) in [5, 5.41) is 0.824. The second-order valence-electron chi connectivity index (χ2n) is 3.81. The second-order valence-corrected chi connectivity index (χ2v) is 4.98. The number of hydrogen-bond acceptors (Lipinski definition) is 3. The third kappa shape index (κ3) is 2.76. The van der Waals surface area contributed by atoms with E-state index in [0.717, 1.165) is 28.6 Å². The van der Waals surface area contributed by atoms with Gasteiger partial charge in [0.05, 0.1) is 12.1 Å². The molecular weight excluding hydrogens is 246 g/mol. The molecule has 0 aliphatic carbocycles. The van der Waals surface area contributed by atoms with Gasteiger partial charge in [-0.05, 0) is 12.1 Å². The fourth-order valence-corrected chi connectivity index (χ4v) is 2.59. The molecule has 18 heavy (non-hydrogen) atoms. The Balaban J connectivity index is 2.10. The van der Waals surface area contributed by atoms with Crippen LogP contribution in [0.15, 0.2) is 41.9 Å². The Morgan fingerprint density at radius 2 is 2.28 bits per heavy atom. The van der Waals surface area contributed by atoms with E-state index in [1.165, 1.54) is 0 Å². The zero-order valence-electron chi connectivity index (χ0n) is 10.3. The Hall–Kier alpha value is -1.68. The van der Waals surface area contributed by atoms with Gasteiger partial charge in [0, 0.05) is 23.9 Å². The predicted molar refractivity (Wildman–Crippen MR) is 75.3 cm³/mol. The Labute approximate surface area is 111 Å². The number of para-hydroxylation sites is 1. The molecule has 1 fully saturated rings. The summed E-state index contributed by atoms with van der Waals surface area (Å²) in [5.74, 6) is 1.65. The normalized spacial score (nSPS) is 15.4. The number of thioether (sulfide) groups is 1. The molecule has 1 heterocycles. The molecule has 0 N–H and O–H groups in total. The van der Waals surface area contributed by atoms with Gasteiger partial charge >= 0.3 is 0 Å². The molecule has 0 saturated carbocycles. The molecule has 0 radical (unpaired) electrons. The van der Waals surface area contributed by atoms with Gasteiger partial charge < -0.3 is 9.64 Å². The molecule has 94 valence electrons. The molecule has 0 atom stereocenters. The van der Waals surface area contributed by atoms with Crippen molar-refractivity contribution in [3.05, 3.63) is 47.5 Å². The summed E-state index contributed by atoms with van der Waals surface area (Å²) in [6, 6.07) is 7.60. The molecular formula is C14H15NO2S. The Morgan fingerprint density at radius 1 is 1.50 bits per heavy atom. The van der Waals surface area contributed by atoms with E-state index >= 15 is 0 Å². The summed E-state index contributed by atoms with van der Waals surface area (Å²) in [5.41, 5.74) is 0.894. The van der Waals surface area contributed by atoms with Gasteiger partial charge in [-0.3, -0.25) is 4.79 Å². The van der Waals surface area contributed by atoms with Crippen LogP contribution in [0.25, 0.3) is 6.08 Å². The van der Waals surface area contributed by atoms with Crippen molar-refractivity contribution < 1.29 is 9.53 Å². The third-order valence-electron chi connectivity index (χ3n) is 2.70. The van der Waals surface area contributed by atoms with E-state index in [1.54, 1.807) is 35.9 Å². The molecule has 3 nitrogen and oxygen atoms in total. The highest BCUT2D eigenvalue weighted by Gasteiger charge is 2.20. The van der Waals surface area contributed by atoms with Gasteiger partial charge in [0.15, 0.2) is 0 Å². The van der Waals surface area contributed by atoms with Gasteiger partial charge in [0.2, 0.25) is 0 Å². The number of carbonyl (C=O) groups excluding carboxylic acids is 1. The first kappa shape index (κ1) is 12.8. The lowest BCUT2D eigenvalue weighted by atomic mass is 10.2. The van der Waals surface area contributed by atoms with Crippen LogP contribution < -0.4 is 4.74 Å². The van der Waals surface area contributed by atoms with Crippen LogP contribution in [0.3, 0.4) is 0 Å². The van der Waals surface area contributed by atoms with E-state index in [2.05, 4.69) is 6.58 Å². The number of ether oxygens (including phenoxy) is 1. The maximum absolute atomic E-state index is 12.0. The van der Waals surface area contributed by atoms with Gasteiger partial charge in [0.1, 0.15) is 5.75 Å². The van der Waals surface area contributed by atoms with Crippen molar-refractivity contribution in [1.29, 1.82) is 0 Å². The van der Waals surface area contributed by atoms with E-state index in [0.29, 0.717) is 0 Å². The van der Waals surface area contributed by atoms with Crippen LogP contribution in [0, 0.1) is 0 Å². The van der Waals surface area contributed by atoms with Crippen molar-refractivity contribution in [3.8, 4) is 5.75 Å². The number of carbonyl (C=O) groups is 1. The third-order valence-corrected chi connectivity index (χ3v) is 3.64. The van der Waals surface area contributed by atoms with E-state index < -0.39 is 0 Å². The highest BCUT2D eigenvalue weighted by Crippen LogP contribution is 2.26. The molecule has 1 aromatic carbocycles. The topological polar surface area (TPSA) is 29.5 Å². The molecule has 0 unspecified atom stereocenters. The predicted octanol–water partition coefficient (Wildman–Crippen LogP) is 2.76. The summed E-state index contributed by atoms with van der Waals surface area (Å²) in [6.07, 6.45) is 3.34. The number of rotatable bonds is 3. The van der Waals surface area contributed by atoms with Crippen LogP contribution in [0.5, 0.6) is 5.75 Å². The van der Waals surface area contributed by atoms with Gasteiger partial charge in [-0.15, -0.1) is 11.8 Å². The van der Waals surface area contributed by atoms with Crippen LogP contribution in [-0.4, -0.2) is 30.2 Å². The molecule has 0 aromatic heterocycles. The molecule has 1 amide bonds. The van der Waals surface area contributed by atoms with Crippen LogP contribution in [0.4, 0.5) is 0 Å². The molecule has 0 spiro atoms. The zero-order valence-corrected chi connectivity index (χ0v) is 11.1. The monoisotopic (exact) mass is 261 g/mol. The van der Waals surface area contributed by atoms with Gasteiger partial charge in [-0.2, -0.15) is 0 Å². The zero-order chi connectivity index (χ0) is 13.0. The summed E-state index contributed by atoms with van der Waals surface area (Å²) >= 11 is 1.62. The maximum atomic E-state index is 12.0. The molecule has 1 saturated heterocycles. The Bertz CT molecular complexity index is 496. The van der Waals surface area contributed by atoms with E-state index in [9.17, 15) is 4.79 Å². The molecule has 0 bridgehead atoms. The van der Waals surface area contributed by atoms with Crippen LogP contribution in [0.1, 0.15) is 5.56 Å². The number of hydrogen-bond donors (Lipinski definition) is 0. The van der Waals surface area contributed by atoms with Gasteiger partial charge in [-0.1, -0.05) is 24.8 Å². The Morgan fingerprint density at radius 3 is 2.94 bits per heavy atom. The average molecular weight is 261 g/mol. The summed E-state index contributed by atoms with van der Waals surface area (Å²) in [6.45, 7) is 4.59. The van der Waals surface area contributed by atoms with E-state index in [1.807, 2.05) is 24.3 Å². The lowest BCUT2D eigenvalue weighted by molar-refractivity contribution is -0.123. The number of methoxy groups -OCH3 is 1. The minimum absolute atomic E-state index is 0.0316. The van der Waals surface area contributed by atoms with Gasteiger partial charge in [-0.25, -0.2) is 0 Å². The smallest absolute Gasteiger partial charge is 0.251 e. The SMILES string of the molecule is C=C1SCCN1C(=O)/C=C/c1ccccc1OC. The van der Waals surface area contributed by atoms with Crippen LogP contribution in [-0.2, 0) is 4.79 Å². The van der Waals surface area contributed by atoms with Crippen molar-refractivity contribution in [1.82, 2.24) is 4.90 Å². The first-order valence-electron chi connectivity index (χ1n) is 5.66. The fraction of sp³-hybridized carbons (Fsp3) is 0.214. The van der Waals surface area contributed by atoms with Crippen LogP contribution >= 0.6 is 11.8 Å². The average Bonchev–Trinajstić information content (AvgIpc) is 2.82. The quantitative estimate of drug-likeness (QED) is 0.784. The summed E-state index contributed by atoms with van der Waals surface area (Å²) in [7, 11) is 1.62. The number of amides is 1. The Kier molecular flexibility index (Phi) is 4.10. The fourth-order valence-electron chi connectivity index (χ4n) is 1.75. The molecule has 4 heteroatoms. The molecule has 2 rings (SSSR count). The number of nitrogens with zero attached hydrogens (tertiary/aromatic N) is 1. The van der Waals surface area contributed by atoms with Crippen molar-refractivity contribution in [2.75, 3.05) is 19.4 Å². The van der Waals surface area contributed by atoms with Crippen molar-refractivity contribution >= 4 is 23.7 Å². The van der Waals surface area contributed by atoms with Crippen molar-refractivity contribution in [2.24, 2.45) is 0 Å². The molecule has 1 aliphatic rings. The lowest BCUT2D eigenvalue weighted by Crippen LogP contribution is -2.24. The largest absolute Gasteiger partial charge is 0.496 e. The highest BCUT2D eigenvalue weighted by atomic mass is 32.2. The molecule has 1 aromatic rings. The van der Waals surface area contributed by atoms with E-state index in [4.69, 9.17) is 4.74 Å². The van der Waals surface area contributed by atoms with Crippen molar-refractivity contribution in [3.63, 3.8) is 0 Å². The number of benzene rings is 1. The highest BCUT2D eigenvalue weighted by molar-refractivity contribution is 8.03. The summed E-state index contributed by atoms with van der Waals surface area (Å²) < 4.78 is 5.23. The second kappa shape index (κ2) is 5.78. The lowest BCUT2D eigenvalue weighted by Gasteiger charge is -2.13. The first-order chi connectivity index (χ1) is 8.72. The minimum Gasteiger partial charge on any atom is -0.496 e. The van der Waals surface area contributed by atoms with E-state index in [-0.39, 0.29) is 5.91 Å².